The summed E-state index contributed by atoms with van der Waals surface area (Å²) >= 11 is 5.94. The number of anilines is 1. The lowest BCUT2D eigenvalue weighted by atomic mass is 10.0. The van der Waals surface area contributed by atoms with Crippen LogP contribution in [0, 0.1) is 0 Å². The number of allylic oxidation sites excluding steroid dienone is 1. The maximum atomic E-state index is 13.9. The first-order valence-corrected chi connectivity index (χ1v) is 15.4. The molecule has 41 heavy (non-hydrogen) atoms. The van der Waals surface area contributed by atoms with Gasteiger partial charge in [-0.3, -0.25) is 9.13 Å². The normalized spacial score (nSPS) is 17.6. The van der Waals surface area contributed by atoms with Crippen LogP contribution < -0.4 is 5.32 Å². The number of benzene rings is 1. The molecule has 0 saturated carbocycles. The number of nitrogens with zero attached hydrogens (tertiary/aromatic N) is 4. The quantitative estimate of drug-likeness (QED) is 0.0856. The summed E-state index contributed by atoms with van der Waals surface area (Å²) in [7, 11) is -9.73. The molecule has 0 fully saturated rings. The van der Waals surface area contributed by atoms with Crippen LogP contribution in [0.15, 0.2) is 48.2 Å². The Bertz CT molecular complexity index is 1490. The minimum absolute atomic E-state index is 0.131. The fourth-order valence-corrected chi connectivity index (χ4v) is 6.36. The van der Waals surface area contributed by atoms with Crippen LogP contribution in [-0.4, -0.2) is 80.6 Å². The van der Waals surface area contributed by atoms with Crippen LogP contribution in [0.1, 0.15) is 24.8 Å². The van der Waals surface area contributed by atoms with Gasteiger partial charge in [0, 0.05) is 0 Å². The first-order valence-electron chi connectivity index (χ1n) is 11.4. The molecule has 20 heteroatoms. The third-order valence-electron chi connectivity index (χ3n) is 5.59. The van der Waals surface area contributed by atoms with Gasteiger partial charge in [0.1, 0.15) is 24.1 Å². The van der Waals surface area contributed by atoms with E-state index in [1.54, 1.807) is 0 Å². The number of aromatic nitrogens is 4. The lowest BCUT2D eigenvalue weighted by Crippen LogP contribution is -2.37. The van der Waals surface area contributed by atoms with Crippen molar-refractivity contribution in [1.82, 2.24) is 19.7 Å². The van der Waals surface area contributed by atoms with Crippen LogP contribution in [0.3, 0.4) is 0 Å². The van der Waals surface area contributed by atoms with E-state index in [1.807, 2.05) is 0 Å². The van der Waals surface area contributed by atoms with Gasteiger partial charge in [-0.05, 0) is 29.7 Å². The fraction of sp³-hybridized carbons (Fsp3) is 0.381. The van der Waals surface area contributed by atoms with Gasteiger partial charge in [0.05, 0.1) is 18.2 Å². The molecule has 0 aliphatic rings. The first-order chi connectivity index (χ1) is 18.9. The lowest BCUT2D eigenvalue weighted by molar-refractivity contribution is -0.144. The van der Waals surface area contributed by atoms with E-state index in [2.05, 4.69) is 24.9 Å². The zero-order chi connectivity index (χ0) is 30.8. The van der Waals surface area contributed by atoms with E-state index in [-0.39, 0.29) is 22.2 Å². The molecule has 1 aromatic carbocycles. The van der Waals surface area contributed by atoms with Crippen LogP contribution in [0.5, 0.6) is 0 Å². The maximum absolute atomic E-state index is 13.9. The summed E-state index contributed by atoms with van der Waals surface area (Å²) < 4.78 is 69.9. The summed E-state index contributed by atoms with van der Waals surface area (Å²) in [6.45, 7) is 0.472. The molecule has 7 N–H and O–H groups in total. The first kappa shape index (κ1) is 33.1. The van der Waals surface area contributed by atoms with Crippen molar-refractivity contribution in [2.24, 2.45) is 0 Å². The number of rotatable bonds is 12. The molecule has 14 nitrogen and oxygen atoms in total. The second-order valence-corrected chi connectivity index (χ2v) is 13.0. The largest absolute Gasteiger partial charge is 0.412 e. The number of fused-ring (bicyclic) bond motifs is 1. The van der Waals surface area contributed by atoms with E-state index in [1.165, 1.54) is 37.3 Å². The number of halogens is 4. The second-order valence-electron chi connectivity index (χ2n) is 8.63. The van der Waals surface area contributed by atoms with Gasteiger partial charge in [-0.15, -0.1) is 0 Å². The molecule has 2 heterocycles. The maximum Gasteiger partial charge on any atom is 0.412 e. The van der Waals surface area contributed by atoms with E-state index in [0.717, 1.165) is 12.3 Å². The molecule has 0 aliphatic carbocycles. The molecule has 0 bridgehead atoms. The molecule has 0 amide bonds. The molecule has 3 rings (SSSR count). The third-order valence-corrected chi connectivity index (χ3v) is 9.20. The Morgan fingerprint density at radius 1 is 1.15 bits per heavy atom. The van der Waals surface area contributed by atoms with Crippen molar-refractivity contribution < 1.29 is 56.8 Å². The third kappa shape index (κ3) is 8.55. The zero-order valence-electron chi connectivity index (χ0n) is 20.9. The smallest absolute Gasteiger partial charge is 0.386 e. The number of nitrogens with one attached hydrogen (secondary N) is 1. The van der Waals surface area contributed by atoms with Gasteiger partial charge >= 0.3 is 21.4 Å². The van der Waals surface area contributed by atoms with Crippen molar-refractivity contribution in [3.63, 3.8) is 0 Å². The number of aliphatic hydroxyl groups is 3. The molecule has 0 radical (unpaired) electrons. The van der Waals surface area contributed by atoms with Crippen molar-refractivity contribution in [2.75, 3.05) is 17.8 Å². The van der Waals surface area contributed by atoms with Gasteiger partial charge in [0.2, 0.25) is 5.28 Å². The topological polar surface area (TPSA) is 220 Å². The van der Waals surface area contributed by atoms with Crippen LogP contribution in [0.4, 0.5) is 19.0 Å². The average Bonchev–Trinajstić information content (AvgIpc) is 3.28. The second kappa shape index (κ2) is 12.8. The lowest BCUT2D eigenvalue weighted by Gasteiger charge is -2.26. The van der Waals surface area contributed by atoms with Crippen LogP contribution in [-0.2, 0) is 13.7 Å². The molecule has 1 unspecified atom stereocenters. The Kier molecular flexibility index (Phi) is 10.4. The highest BCUT2D eigenvalue weighted by molar-refractivity contribution is 7.70. The monoisotopic (exact) mass is 645 g/mol. The number of aliphatic hydroxyl groups excluding tert-OH is 3. The predicted octanol–water partition coefficient (Wildman–Crippen LogP) is 2.69. The average molecular weight is 646 g/mol. The Morgan fingerprint density at radius 3 is 2.34 bits per heavy atom. The van der Waals surface area contributed by atoms with E-state index in [0.29, 0.717) is 4.68 Å². The highest BCUT2D eigenvalue weighted by Gasteiger charge is 2.42. The SMILES string of the molecule is C/C=C(/COP(=O)(O)CP(=O)(O)O)[C@@H](O)[C@@H](O)[C@@H](O)n1ncc2c(N[C@H](c3ccccc3)C(F)(F)F)nc(Cl)nc21. The molecule has 0 saturated heterocycles. The summed E-state index contributed by atoms with van der Waals surface area (Å²) in [5.74, 6) is -1.89. The summed E-state index contributed by atoms with van der Waals surface area (Å²) in [6, 6.07) is 4.66. The highest BCUT2D eigenvalue weighted by Crippen LogP contribution is 2.55. The van der Waals surface area contributed by atoms with Crippen molar-refractivity contribution in [3.05, 3.63) is 59.0 Å². The van der Waals surface area contributed by atoms with Gasteiger partial charge in [-0.1, -0.05) is 36.4 Å². The van der Waals surface area contributed by atoms with Crippen LogP contribution >= 0.6 is 26.8 Å². The summed E-state index contributed by atoms with van der Waals surface area (Å²) in [5.41, 5.74) is -0.720. The molecule has 0 spiro atoms. The van der Waals surface area contributed by atoms with Gasteiger partial charge in [-0.2, -0.15) is 28.2 Å². The predicted molar refractivity (Wildman–Crippen MR) is 139 cm³/mol. The Morgan fingerprint density at radius 2 is 1.78 bits per heavy atom. The molecular weight excluding hydrogens is 621 g/mol. The molecule has 2 aromatic heterocycles. The number of alkyl halides is 3. The fourth-order valence-electron chi connectivity index (χ4n) is 3.65. The molecule has 3 aromatic rings. The molecular formula is C21H25ClF3N5O9P2. The standard InChI is InChI=1S/C21H25ClF3N5O9P2/c1-2-11(9-39-41(37,38)10-40(34,35)36)14(31)15(32)19(33)30-18-13(8-26-30)17(28-20(22)29-18)27-16(21(23,24)25)12-6-4-3-5-7-12/h2-8,14-16,19,31-33H,9-10H2,1H3,(H,37,38)(H,27,28,29)(H2,34,35,36)/b11-2-/t14-,15-,16-,19-/m1/s1. The van der Waals surface area contributed by atoms with Crippen molar-refractivity contribution >= 4 is 43.6 Å². The van der Waals surface area contributed by atoms with Crippen LogP contribution in [0.25, 0.3) is 11.0 Å². The van der Waals surface area contributed by atoms with Crippen molar-refractivity contribution in [3.8, 4) is 0 Å². The van der Waals surface area contributed by atoms with Gasteiger partial charge in [0.25, 0.3) is 0 Å². The minimum Gasteiger partial charge on any atom is -0.386 e. The zero-order valence-corrected chi connectivity index (χ0v) is 23.4. The van der Waals surface area contributed by atoms with E-state index >= 15 is 0 Å². The number of hydrogen-bond donors (Lipinski definition) is 7. The highest BCUT2D eigenvalue weighted by atomic mass is 35.5. The van der Waals surface area contributed by atoms with Crippen molar-refractivity contribution in [2.45, 2.75) is 37.6 Å². The minimum atomic E-state index is -4.93. The molecule has 5 atom stereocenters. The van der Waals surface area contributed by atoms with E-state index in [9.17, 15) is 42.5 Å². The summed E-state index contributed by atoms with van der Waals surface area (Å²) in [4.78, 5) is 35.1. The summed E-state index contributed by atoms with van der Waals surface area (Å²) in [5, 5.41) is 37.4. The summed E-state index contributed by atoms with van der Waals surface area (Å²) in [6.07, 6.45) is -8.81. The Hall–Kier alpha value is -2.43. The van der Waals surface area contributed by atoms with E-state index < -0.39 is 69.5 Å². The number of hydrogen-bond acceptors (Lipinski definition) is 10. The molecule has 226 valence electrons. The van der Waals surface area contributed by atoms with Gasteiger partial charge < -0.3 is 39.8 Å². The van der Waals surface area contributed by atoms with Crippen molar-refractivity contribution in [1.29, 1.82) is 0 Å². The Labute approximate surface area is 234 Å². The van der Waals surface area contributed by atoms with Crippen LogP contribution in [0.2, 0.25) is 5.28 Å². The van der Waals surface area contributed by atoms with Gasteiger partial charge in [0.15, 0.2) is 17.8 Å². The Balaban J connectivity index is 1.87. The molecule has 0 aliphatic heterocycles. The van der Waals surface area contributed by atoms with E-state index in [4.69, 9.17) is 21.4 Å². The van der Waals surface area contributed by atoms with Gasteiger partial charge in [-0.25, -0.2) is 4.68 Å².